The highest BCUT2D eigenvalue weighted by atomic mass is 16.3. The molecular formula is C24H22N4O2. The number of rotatable bonds is 7. The van der Waals surface area contributed by atoms with Gasteiger partial charge in [-0.2, -0.15) is 0 Å². The summed E-state index contributed by atoms with van der Waals surface area (Å²) in [5.74, 6) is 0.417. The second-order valence-electron chi connectivity index (χ2n) is 6.77. The summed E-state index contributed by atoms with van der Waals surface area (Å²) in [6.07, 6.45) is 0. The molecule has 0 atom stereocenters. The SMILES string of the molecule is Oc1ccccc1NCc1cccc(-c2cccc(CNc3ccccc3O)n2)n1. The Morgan fingerprint density at radius 3 is 1.40 bits per heavy atom. The highest BCUT2D eigenvalue weighted by Crippen LogP contribution is 2.24. The number of para-hydroxylation sites is 4. The molecule has 0 aliphatic rings. The van der Waals surface area contributed by atoms with Gasteiger partial charge < -0.3 is 20.8 Å². The standard InChI is InChI=1S/C24H22N4O2/c29-23-13-3-1-9-21(23)25-15-17-7-5-11-19(27-17)20-12-6-8-18(28-20)16-26-22-10-2-4-14-24(22)30/h1-14,25-26,29-30H,15-16H2. The summed E-state index contributed by atoms with van der Waals surface area (Å²) in [7, 11) is 0. The van der Waals surface area contributed by atoms with Crippen molar-refractivity contribution in [1.82, 2.24) is 9.97 Å². The molecule has 30 heavy (non-hydrogen) atoms. The van der Waals surface area contributed by atoms with E-state index >= 15 is 0 Å². The van der Waals surface area contributed by atoms with Gasteiger partial charge in [0.1, 0.15) is 11.5 Å². The Morgan fingerprint density at radius 1 is 0.533 bits per heavy atom. The second kappa shape index (κ2) is 8.96. The Balaban J connectivity index is 1.46. The number of nitrogens with one attached hydrogen (secondary N) is 2. The molecule has 0 bridgehead atoms. The third-order valence-corrected chi connectivity index (χ3v) is 4.60. The Morgan fingerprint density at radius 2 is 0.967 bits per heavy atom. The van der Waals surface area contributed by atoms with E-state index in [-0.39, 0.29) is 11.5 Å². The molecule has 0 aliphatic heterocycles. The van der Waals surface area contributed by atoms with Crippen molar-refractivity contribution in [3.05, 3.63) is 96.3 Å². The molecule has 150 valence electrons. The van der Waals surface area contributed by atoms with Crippen molar-refractivity contribution in [3.8, 4) is 22.9 Å². The third kappa shape index (κ3) is 4.67. The van der Waals surface area contributed by atoms with Crippen LogP contribution in [-0.4, -0.2) is 20.2 Å². The monoisotopic (exact) mass is 398 g/mol. The van der Waals surface area contributed by atoms with Crippen molar-refractivity contribution in [2.75, 3.05) is 10.6 Å². The van der Waals surface area contributed by atoms with Crippen molar-refractivity contribution >= 4 is 11.4 Å². The Labute approximate surface area is 174 Å². The average molecular weight is 398 g/mol. The van der Waals surface area contributed by atoms with Crippen molar-refractivity contribution in [2.24, 2.45) is 0 Å². The van der Waals surface area contributed by atoms with E-state index in [0.29, 0.717) is 24.5 Å². The van der Waals surface area contributed by atoms with Crippen LogP contribution in [0.5, 0.6) is 11.5 Å². The summed E-state index contributed by atoms with van der Waals surface area (Å²) >= 11 is 0. The van der Waals surface area contributed by atoms with Crippen LogP contribution in [0.3, 0.4) is 0 Å². The molecule has 0 unspecified atom stereocenters. The number of anilines is 2. The molecule has 4 aromatic rings. The molecule has 0 aliphatic carbocycles. The highest BCUT2D eigenvalue weighted by molar-refractivity contribution is 5.57. The Kier molecular flexibility index (Phi) is 5.75. The van der Waals surface area contributed by atoms with E-state index in [2.05, 4.69) is 10.6 Å². The maximum Gasteiger partial charge on any atom is 0.138 e. The fraction of sp³-hybridized carbons (Fsp3) is 0.0833. The fourth-order valence-electron chi connectivity index (χ4n) is 3.06. The molecule has 0 radical (unpaired) electrons. The van der Waals surface area contributed by atoms with Gasteiger partial charge in [0.15, 0.2) is 0 Å². The van der Waals surface area contributed by atoms with Crippen molar-refractivity contribution in [2.45, 2.75) is 13.1 Å². The van der Waals surface area contributed by atoms with Gasteiger partial charge in [0.05, 0.1) is 47.2 Å². The number of aromatic nitrogens is 2. The Bertz CT molecular complexity index is 1060. The molecule has 0 spiro atoms. The topological polar surface area (TPSA) is 90.3 Å². The van der Waals surface area contributed by atoms with Gasteiger partial charge in [0, 0.05) is 0 Å². The van der Waals surface area contributed by atoms with Gasteiger partial charge in [-0.05, 0) is 48.5 Å². The predicted molar refractivity (Wildman–Crippen MR) is 118 cm³/mol. The first-order chi connectivity index (χ1) is 14.7. The summed E-state index contributed by atoms with van der Waals surface area (Å²) < 4.78 is 0. The lowest BCUT2D eigenvalue weighted by molar-refractivity contribution is 0.476. The van der Waals surface area contributed by atoms with Crippen LogP contribution < -0.4 is 10.6 Å². The van der Waals surface area contributed by atoms with E-state index in [1.165, 1.54) is 0 Å². The van der Waals surface area contributed by atoms with Crippen LogP contribution in [0.1, 0.15) is 11.4 Å². The first kappa shape index (κ1) is 19.3. The van der Waals surface area contributed by atoms with Gasteiger partial charge in [0.2, 0.25) is 0 Å². The second-order valence-corrected chi connectivity index (χ2v) is 6.77. The predicted octanol–water partition coefficient (Wildman–Crippen LogP) is 4.78. The van der Waals surface area contributed by atoms with Crippen LogP contribution in [0.15, 0.2) is 84.9 Å². The van der Waals surface area contributed by atoms with E-state index in [9.17, 15) is 10.2 Å². The lowest BCUT2D eigenvalue weighted by atomic mass is 10.2. The molecule has 2 aromatic heterocycles. The Hall–Kier alpha value is -4.06. The minimum Gasteiger partial charge on any atom is -0.506 e. The maximum atomic E-state index is 9.89. The van der Waals surface area contributed by atoms with Gasteiger partial charge in [-0.3, -0.25) is 0 Å². The first-order valence-electron chi connectivity index (χ1n) is 9.65. The summed E-state index contributed by atoms with van der Waals surface area (Å²) in [6.45, 7) is 0.972. The van der Waals surface area contributed by atoms with Gasteiger partial charge in [0.25, 0.3) is 0 Å². The lowest BCUT2D eigenvalue weighted by Gasteiger charge is -2.10. The molecule has 6 heteroatoms. The van der Waals surface area contributed by atoms with E-state index in [0.717, 1.165) is 22.8 Å². The summed E-state index contributed by atoms with van der Waals surface area (Å²) in [5.41, 5.74) is 4.57. The largest absolute Gasteiger partial charge is 0.506 e. The number of aromatic hydroxyl groups is 2. The molecular weight excluding hydrogens is 376 g/mol. The number of hydrogen-bond donors (Lipinski definition) is 4. The van der Waals surface area contributed by atoms with E-state index in [1.807, 2.05) is 60.7 Å². The maximum absolute atomic E-state index is 9.89. The first-order valence-corrected chi connectivity index (χ1v) is 9.65. The number of phenols is 2. The van der Waals surface area contributed by atoms with Crippen LogP contribution >= 0.6 is 0 Å². The van der Waals surface area contributed by atoms with Crippen LogP contribution in [0.4, 0.5) is 11.4 Å². The third-order valence-electron chi connectivity index (χ3n) is 4.60. The molecule has 4 rings (SSSR count). The molecule has 0 saturated heterocycles. The van der Waals surface area contributed by atoms with E-state index in [1.54, 1.807) is 24.3 Å². The average Bonchev–Trinajstić information content (AvgIpc) is 2.78. The minimum atomic E-state index is 0.208. The zero-order valence-corrected chi connectivity index (χ0v) is 16.3. The highest BCUT2D eigenvalue weighted by Gasteiger charge is 2.06. The zero-order chi connectivity index (χ0) is 20.8. The number of phenolic OH excluding ortho intramolecular Hbond substituents is 2. The summed E-state index contributed by atoms with van der Waals surface area (Å²) in [5, 5.41) is 26.2. The normalized spacial score (nSPS) is 10.5. The number of pyridine rings is 2. The molecule has 0 saturated carbocycles. The van der Waals surface area contributed by atoms with Gasteiger partial charge in [-0.15, -0.1) is 0 Å². The molecule has 4 N–H and O–H groups in total. The lowest BCUT2D eigenvalue weighted by Crippen LogP contribution is -2.04. The fourth-order valence-corrected chi connectivity index (χ4v) is 3.06. The van der Waals surface area contributed by atoms with Crippen LogP contribution in [0.2, 0.25) is 0 Å². The number of hydrogen-bond acceptors (Lipinski definition) is 6. The zero-order valence-electron chi connectivity index (χ0n) is 16.3. The number of benzene rings is 2. The van der Waals surface area contributed by atoms with Gasteiger partial charge in [-0.25, -0.2) is 9.97 Å². The van der Waals surface area contributed by atoms with E-state index < -0.39 is 0 Å². The smallest absolute Gasteiger partial charge is 0.138 e. The van der Waals surface area contributed by atoms with E-state index in [4.69, 9.17) is 9.97 Å². The molecule has 0 fully saturated rings. The molecule has 6 nitrogen and oxygen atoms in total. The molecule has 0 amide bonds. The van der Waals surface area contributed by atoms with Gasteiger partial charge >= 0.3 is 0 Å². The van der Waals surface area contributed by atoms with Crippen molar-refractivity contribution in [3.63, 3.8) is 0 Å². The van der Waals surface area contributed by atoms with Crippen LogP contribution in [0, 0.1) is 0 Å². The van der Waals surface area contributed by atoms with Crippen LogP contribution in [0.25, 0.3) is 11.4 Å². The van der Waals surface area contributed by atoms with Crippen molar-refractivity contribution in [1.29, 1.82) is 0 Å². The quantitative estimate of drug-likeness (QED) is 0.335. The minimum absolute atomic E-state index is 0.208. The molecule has 2 aromatic carbocycles. The van der Waals surface area contributed by atoms with Crippen LogP contribution in [-0.2, 0) is 13.1 Å². The number of nitrogens with zero attached hydrogens (tertiary/aromatic N) is 2. The van der Waals surface area contributed by atoms with Crippen molar-refractivity contribution < 1.29 is 10.2 Å². The van der Waals surface area contributed by atoms with Gasteiger partial charge in [-0.1, -0.05) is 36.4 Å². The summed E-state index contributed by atoms with van der Waals surface area (Å²) in [4.78, 5) is 9.39. The molecule has 2 heterocycles. The summed E-state index contributed by atoms with van der Waals surface area (Å²) in [6, 6.07) is 25.8.